The van der Waals surface area contributed by atoms with Gasteiger partial charge in [0.15, 0.2) is 11.4 Å². The molecule has 2 rings (SSSR count). The number of hydrogen-bond donors (Lipinski definition) is 1. The van der Waals surface area contributed by atoms with Gasteiger partial charge in [0.1, 0.15) is 17.9 Å². The van der Waals surface area contributed by atoms with Crippen LogP contribution >= 0.6 is 0 Å². The molecule has 20 heavy (non-hydrogen) atoms. The summed E-state index contributed by atoms with van der Waals surface area (Å²) < 4.78 is 7.21. The van der Waals surface area contributed by atoms with Gasteiger partial charge in [-0.25, -0.2) is 4.98 Å². The molecule has 2 aromatic rings. The average Bonchev–Trinajstić information content (AvgIpc) is 2.87. The van der Waals surface area contributed by atoms with Gasteiger partial charge in [0.25, 0.3) is 0 Å². The third kappa shape index (κ3) is 3.06. The van der Waals surface area contributed by atoms with Crippen LogP contribution in [0, 0.1) is 22.7 Å². The molecule has 0 unspecified atom stereocenters. The summed E-state index contributed by atoms with van der Waals surface area (Å²) >= 11 is 0. The second-order valence-corrected chi connectivity index (χ2v) is 4.13. The van der Waals surface area contributed by atoms with Crippen molar-refractivity contribution in [3.8, 4) is 17.9 Å². The lowest BCUT2D eigenvalue weighted by molar-refractivity contribution is 0.301. The van der Waals surface area contributed by atoms with Gasteiger partial charge in [-0.3, -0.25) is 0 Å². The van der Waals surface area contributed by atoms with Crippen LogP contribution in [0.2, 0.25) is 0 Å². The Morgan fingerprint density at radius 3 is 2.60 bits per heavy atom. The topological polar surface area (TPSA) is 101 Å². The van der Waals surface area contributed by atoms with Crippen LogP contribution in [0.1, 0.15) is 17.8 Å². The summed E-state index contributed by atoms with van der Waals surface area (Å²) in [6.45, 7) is 1.08. The maximum Gasteiger partial charge on any atom is 0.176 e. The Morgan fingerprint density at radius 1 is 1.20 bits per heavy atom. The Labute approximate surface area is 116 Å². The molecular formula is C14H13N5O. The van der Waals surface area contributed by atoms with E-state index in [1.54, 1.807) is 28.8 Å². The van der Waals surface area contributed by atoms with Gasteiger partial charge in [-0.05, 0) is 30.7 Å². The van der Waals surface area contributed by atoms with Gasteiger partial charge in [-0.15, -0.1) is 0 Å². The van der Waals surface area contributed by atoms with Crippen LogP contribution in [0.5, 0.6) is 5.75 Å². The molecule has 1 aromatic carbocycles. The molecule has 0 aliphatic rings. The number of nitrogens with zero attached hydrogens (tertiary/aromatic N) is 4. The second kappa shape index (κ2) is 6.26. The molecule has 0 amide bonds. The first kappa shape index (κ1) is 13.4. The Bertz CT molecular complexity index is 660. The fraction of sp³-hybridized carbons (Fsp3) is 0.214. The molecule has 0 atom stereocenters. The van der Waals surface area contributed by atoms with Crippen molar-refractivity contribution in [1.82, 2.24) is 9.55 Å². The summed E-state index contributed by atoms with van der Waals surface area (Å²) in [6.07, 6.45) is 2.21. The molecule has 0 saturated heterocycles. The van der Waals surface area contributed by atoms with Crippen molar-refractivity contribution in [1.29, 1.82) is 10.5 Å². The maximum absolute atomic E-state index is 8.97. The molecule has 6 nitrogen and oxygen atoms in total. The van der Waals surface area contributed by atoms with Crippen LogP contribution in [0.4, 0.5) is 5.69 Å². The van der Waals surface area contributed by atoms with E-state index >= 15 is 0 Å². The predicted octanol–water partition coefficient (Wildman–Crippen LogP) is 1.68. The van der Waals surface area contributed by atoms with Gasteiger partial charge in [-0.2, -0.15) is 10.5 Å². The lowest BCUT2D eigenvalue weighted by Crippen LogP contribution is -2.05. The highest BCUT2D eigenvalue weighted by molar-refractivity contribution is 5.41. The summed E-state index contributed by atoms with van der Waals surface area (Å²) in [7, 11) is 0. The summed E-state index contributed by atoms with van der Waals surface area (Å²) in [5, 5.41) is 17.8. The number of hydrogen-bond acceptors (Lipinski definition) is 5. The first-order chi connectivity index (χ1) is 9.74. The number of imidazole rings is 1. The largest absolute Gasteiger partial charge is 0.494 e. The fourth-order valence-electron chi connectivity index (χ4n) is 1.74. The lowest BCUT2D eigenvalue weighted by Gasteiger charge is -2.07. The van der Waals surface area contributed by atoms with E-state index in [0.717, 1.165) is 5.75 Å². The summed E-state index contributed by atoms with van der Waals surface area (Å²) in [6, 6.07) is 11.0. The molecule has 0 aliphatic heterocycles. The van der Waals surface area contributed by atoms with Crippen molar-refractivity contribution in [3.05, 3.63) is 42.0 Å². The van der Waals surface area contributed by atoms with Gasteiger partial charge in [0.05, 0.1) is 12.9 Å². The molecule has 1 heterocycles. The summed E-state index contributed by atoms with van der Waals surface area (Å²) in [4.78, 5) is 3.88. The molecule has 0 bridgehead atoms. The second-order valence-electron chi connectivity index (χ2n) is 4.13. The van der Waals surface area contributed by atoms with E-state index in [1.807, 2.05) is 12.1 Å². The highest BCUT2D eigenvalue weighted by Crippen LogP contribution is 2.13. The van der Waals surface area contributed by atoms with Crippen LogP contribution in [0.3, 0.4) is 0 Å². The van der Waals surface area contributed by atoms with Crippen molar-refractivity contribution >= 4 is 5.69 Å². The molecular weight excluding hydrogens is 254 g/mol. The first-order valence-electron chi connectivity index (χ1n) is 6.08. The van der Waals surface area contributed by atoms with Crippen LogP contribution < -0.4 is 10.5 Å². The van der Waals surface area contributed by atoms with Crippen molar-refractivity contribution in [3.63, 3.8) is 0 Å². The maximum atomic E-state index is 8.97. The number of nitrogen functional groups attached to an aromatic ring is 1. The average molecular weight is 267 g/mol. The molecule has 0 fully saturated rings. The van der Waals surface area contributed by atoms with E-state index < -0.39 is 0 Å². The number of nitriles is 2. The van der Waals surface area contributed by atoms with E-state index in [0.29, 0.717) is 31.0 Å². The van der Waals surface area contributed by atoms with Crippen molar-refractivity contribution in [2.75, 3.05) is 12.3 Å². The van der Waals surface area contributed by atoms with Crippen LogP contribution in [0.25, 0.3) is 0 Å². The van der Waals surface area contributed by atoms with Crippen molar-refractivity contribution in [2.45, 2.75) is 13.0 Å². The fourth-order valence-corrected chi connectivity index (χ4v) is 1.74. The smallest absolute Gasteiger partial charge is 0.176 e. The van der Waals surface area contributed by atoms with Gasteiger partial charge in [0.2, 0.25) is 0 Å². The normalized spacial score (nSPS) is 9.70. The Balaban J connectivity index is 1.85. The van der Waals surface area contributed by atoms with E-state index in [4.69, 9.17) is 21.0 Å². The number of nitrogens with two attached hydrogens (primary N) is 1. The van der Waals surface area contributed by atoms with Gasteiger partial charge >= 0.3 is 0 Å². The molecule has 0 spiro atoms. The predicted molar refractivity (Wildman–Crippen MR) is 72.6 cm³/mol. The van der Waals surface area contributed by atoms with Crippen LogP contribution in [-0.4, -0.2) is 16.2 Å². The van der Waals surface area contributed by atoms with Crippen LogP contribution in [-0.2, 0) is 6.54 Å². The van der Waals surface area contributed by atoms with Crippen molar-refractivity contribution in [2.24, 2.45) is 0 Å². The number of ether oxygens (including phenoxy) is 1. The van der Waals surface area contributed by atoms with E-state index in [9.17, 15) is 0 Å². The number of aryl methyl sites for hydroxylation is 1. The van der Waals surface area contributed by atoms with Gasteiger partial charge < -0.3 is 15.0 Å². The van der Waals surface area contributed by atoms with E-state index in [1.165, 1.54) is 6.33 Å². The number of rotatable bonds is 5. The number of benzene rings is 1. The molecule has 0 aliphatic carbocycles. The summed E-state index contributed by atoms with van der Waals surface area (Å²) in [5.41, 5.74) is 6.73. The number of aromatic nitrogens is 2. The Kier molecular flexibility index (Phi) is 4.21. The zero-order valence-corrected chi connectivity index (χ0v) is 10.8. The quantitative estimate of drug-likeness (QED) is 0.656. The first-order valence-corrected chi connectivity index (χ1v) is 6.08. The minimum absolute atomic E-state index is 0.159. The van der Waals surface area contributed by atoms with E-state index in [-0.39, 0.29) is 5.69 Å². The molecule has 2 N–H and O–H groups in total. The minimum Gasteiger partial charge on any atom is -0.494 e. The zero-order valence-electron chi connectivity index (χ0n) is 10.8. The summed E-state index contributed by atoms with van der Waals surface area (Å²) in [5.74, 6) is 0.753. The third-order valence-corrected chi connectivity index (χ3v) is 2.74. The molecule has 6 heteroatoms. The highest BCUT2D eigenvalue weighted by Gasteiger charge is 2.09. The standard InChI is InChI=1S/C14H13N5O/c15-8-13-14(9-16)19(10-18-13)6-1-7-20-12-4-2-11(17)3-5-12/h2-5,10H,1,6-7,17H2. The van der Waals surface area contributed by atoms with Gasteiger partial charge in [-0.1, -0.05) is 0 Å². The molecule has 0 radical (unpaired) electrons. The molecule has 100 valence electrons. The third-order valence-electron chi connectivity index (χ3n) is 2.74. The lowest BCUT2D eigenvalue weighted by atomic mass is 10.3. The minimum atomic E-state index is 0.159. The monoisotopic (exact) mass is 267 g/mol. The highest BCUT2D eigenvalue weighted by atomic mass is 16.5. The van der Waals surface area contributed by atoms with E-state index in [2.05, 4.69) is 4.98 Å². The van der Waals surface area contributed by atoms with Gasteiger partial charge in [0, 0.05) is 12.2 Å². The number of anilines is 1. The van der Waals surface area contributed by atoms with Crippen molar-refractivity contribution < 1.29 is 4.74 Å². The van der Waals surface area contributed by atoms with Crippen LogP contribution in [0.15, 0.2) is 30.6 Å². The molecule has 1 aromatic heterocycles. The Hall–Kier alpha value is -2.99. The Morgan fingerprint density at radius 2 is 1.95 bits per heavy atom. The SMILES string of the molecule is N#Cc1ncn(CCCOc2ccc(N)cc2)c1C#N. The molecule has 0 saturated carbocycles. The zero-order chi connectivity index (χ0) is 14.4.